The summed E-state index contributed by atoms with van der Waals surface area (Å²) in [6, 6.07) is 26.0. The topological polar surface area (TPSA) is 187 Å². The monoisotopic (exact) mass is 590 g/mol. The van der Waals surface area contributed by atoms with E-state index in [0.29, 0.717) is 16.8 Å². The zero-order valence-electron chi connectivity index (χ0n) is 22.1. The van der Waals surface area contributed by atoms with Gasteiger partial charge in [-0.3, -0.25) is 4.55 Å². The van der Waals surface area contributed by atoms with Crippen molar-refractivity contribution in [2.75, 3.05) is 5.73 Å². The summed E-state index contributed by atoms with van der Waals surface area (Å²) in [6.45, 7) is 0. The number of carboxylic acids is 1. The van der Waals surface area contributed by atoms with Gasteiger partial charge in [0, 0.05) is 10.8 Å². The second-order valence-electron chi connectivity index (χ2n) is 8.83. The number of fused-ring (bicyclic) bond motifs is 1. The zero-order chi connectivity index (χ0) is 29.1. The van der Waals surface area contributed by atoms with E-state index < -0.39 is 16.1 Å². The molecule has 11 nitrogen and oxygen atoms in total. The molecule has 0 spiro atoms. The van der Waals surface area contributed by atoms with Gasteiger partial charge in [0.2, 0.25) is 0 Å². The van der Waals surface area contributed by atoms with Crippen molar-refractivity contribution in [2.45, 2.75) is 4.90 Å². The van der Waals surface area contributed by atoms with Crippen molar-refractivity contribution < 1.29 is 57.5 Å². The number of azo groups is 2. The molecule has 5 aromatic rings. The number of aromatic hydroxyl groups is 1. The summed E-state index contributed by atoms with van der Waals surface area (Å²) in [5.41, 5.74) is 9.39. The first kappa shape index (κ1) is 30.5. The minimum atomic E-state index is -4.52. The summed E-state index contributed by atoms with van der Waals surface area (Å²) in [6.07, 6.45) is 0. The third-order valence-electron chi connectivity index (χ3n) is 6.14. The maximum Gasteiger partial charge on any atom is 1.00 e. The molecule has 0 aliphatic rings. The summed E-state index contributed by atoms with van der Waals surface area (Å²) >= 11 is 0. The van der Waals surface area contributed by atoms with Gasteiger partial charge in [-0.1, -0.05) is 48.5 Å². The number of hydrogen-bond donors (Lipinski definition) is 4. The molecule has 0 amide bonds. The number of nitrogens with zero attached hydrogens (tertiary/aromatic N) is 4. The molecule has 0 saturated carbocycles. The number of carboxylic acid groups (broad SMARTS) is 1. The van der Waals surface area contributed by atoms with Crippen LogP contribution in [0.1, 0.15) is 10.4 Å². The number of anilines is 1. The second kappa shape index (κ2) is 12.6. The Balaban J connectivity index is 0.00000405. The number of phenols is 1. The van der Waals surface area contributed by atoms with Crippen LogP contribution < -0.4 is 35.3 Å². The normalized spacial score (nSPS) is 11.6. The Morgan fingerprint density at radius 2 is 1.19 bits per heavy atom. The number of rotatable bonds is 7. The van der Waals surface area contributed by atoms with E-state index in [1.165, 1.54) is 24.3 Å². The number of hydrogen-bond acceptors (Lipinski definition) is 9. The fraction of sp³-hybridized carbons (Fsp3) is 0. The van der Waals surface area contributed by atoms with Crippen LogP contribution in [0.2, 0.25) is 0 Å². The molecule has 42 heavy (non-hydrogen) atoms. The fourth-order valence-electron chi connectivity index (χ4n) is 4.07. The summed E-state index contributed by atoms with van der Waals surface area (Å²) in [5, 5.41) is 35.9. The van der Waals surface area contributed by atoms with Crippen LogP contribution in [0, 0.1) is 0 Å². The van der Waals surface area contributed by atoms with Gasteiger partial charge in [-0.2, -0.15) is 23.8 Å². The van der Waals surface area contributed by atoms with E-state index in [0.717, 1.165) is 11.1 Å². The molecule has 0 unspecified atom stereocenters. The molecule has 0 aromatic heterocycles. The van der Waals surface area contributed by atoms with Crippen LogP contribution in [0.25, 0.3) is 21.9 Å². The predicted octanol–water partition coefficient (Wildman–Crippen LogP) is 4.57. The van der Waals surface area contributed by atoms with Crippen LogP contribution in [0.4, 0.5) is 28.4 Å². The molecule has 204 valence electrons. The number of benzene rings is 5. The molecule has 5 rings (SSSR count). The first-order valence-electron chi connectivity index (χ1n) is 12.0. The van der Waals surface area contributed by atoms with E-state index in [-0.39, 0.29) is 68.2 Å². The van der Waals surface area contributed by atoms with E-state index in [1.54, 1.807) is 48.5 Å². The third kappa shape index (κ3) is 6.70. The molecule has 5 N–H and O–H groups in total. The molecule has 0 atom stereocenters. The Kier molecular flexibility index (Phi) is 9.14. The van der Waals surface area contributed by atoms with Crippen LogP contribution in [0.5, 0.6) is 5.75 Å². The van der Waals surface area contributed by atoms with Gasteiger partial charge in [0.05, 0.1) is 22.7 Å². The average Bonchev–Trinajstić information content (AvgIpc) is 2.96. The fourth-order valence-corrected chi connectivity index (χ4v) is 4.79. The first-order valence-corrected chi connectivity index (χ1v) is 13.4. The Bertz CT molecular complexity index is 1960. The smallest absolute Gasteiger partial charge is 0.507 e. The molecule has 0 saturated heterocycles. The van der Waals surface area contributed by atoms with Crippen molar-refractivity contribution in [2.24, 2.45) is 20.5 Å². The zero-order valence-corrected chi connectivity index (χ0v) is 24.9. The van der Waals surface area contributed by atoms with Gasteiger partial charge >= 0.3 is 35.5 Å². The quantitative estimate of drug-likeness (QED) is 0.0924. The van der Waals surface area contributed by atoms with Gasteiger partial charge in [0.15, 0.2) is 0 Å². The minimum absolute atomic E-state index is 0. The Morgan fingerprint density at radius 1 is 0.690 bits per heavy atom. The van der Waals surface area contributed by atoms with Crippen molar-refractivity contribution in [1.82, 2.24) is 0 Å². The SMILES string of the molecule is Nc1c(N=Nc2ccc(-c3ccc(N=Nc4ccc(O)c(C(=O)O)c4)cc3)cc2)cc(S(=O)(=O)O)c2ccccc12.[Na+]. The summed E-state index contributed by atoms with van der Waals surface area (Å²) in [7, 11) is -4.52. The number of nitrogen functional groups attached to an aromatic ring is 1. The molecule has 0 bridgehead atoms. The standard InChI is InChI=1S/C29H21N5O6S.Na/c30-28-23-4-2-1-3-22(23)27(41(38,39)40)16-25(28)34-32-20-11-7-18(8-12-20)17-5-9-19(10-6-17)31-33-21-13-14-26(35)24(15-21)29(36)37;/h1-16,35H,30H2,(H,36,37)(H,38,39,40);/q;+1. The van der Waals surface area contributed by atoms with Crippen molar-refractivity contribution in [3.05, 3.63) is 103 Å². The predicted molar refractivity (Wildman–Crippen MR) is 153 cm³/mol. The van der Waals surface area contributed by atoms with Gasteiger partial charge in [-0.15, -0.1) is 5.11 Å². The Morgan fingerprint density at radius 3 is 1.74 bits per heavy atom. The molecule has 0 aliphatic carbocycles. The van der Waals surface area contributed by atoms with Crippen molar-refractivity contribution in [1.29, 1.82) is 0 Å². The van der Waals surface area contributed by atoms with E-state index in [9.17, 15) is 22.9 Å². The van der Waals surface area contributed by atoms with Crippen LogP contribution in [0.15, 0.2) is 122 Å². The molecule has 5 aromatic carbocycles. The molecular weight excluding hydrogens is 569 g/mol. The first-order chi connectivity index (χ1) is 19.6. The van der Waals surface area contributed by atoms with Gasteiger partial charge < -0.3 is 15.9 Å². The largest absolute Gasteiger partial charge is 1.00 e. The summed E-state index contributed by atoms with van der Waals surface area (Å²) in [5.74, 6) is -1.61. The second-order valence-corrected chi connectivity index (χ2v) is 10.2. The van der Waals surface area contributed by atoms with Crippen LogP contribution in [0.3, 0.4) is 0 Å². The van der Waals surface area contributed by atoms with Gasteiger partial charge in [-0.25, -0.2) is 4.79 Å². The third-order valence-corrected chi connectivity index (χ3v) is 7.03. The van der Waals surface area contributed by atoms with E-state index in [1.807, 2.05) is 24.3 Å². The summed E-state index contributed by atoms with van der Waals surface area (Å²) < 4.78 is 33.5. The van der Waals surface area contributed by atoms with Crippen LogP contribution in [-0.4, -0.2) is 29.2 Å². The Hall–Kier alpha value is -4.46. The van der Waals surface area contributed by atoms with Gasteiger partial charge in [-0.05, 0) is 59.7 Å². The number of aromatic carboxylic acids is 1. The molecule has 0 radical (unpaired) electrons. The van der Waals surface area contributed by atoms with E-state index in [4.69, 9.17) is 10.8 Å². The Labute approximate surface area is 262 Å². The van der Waals surface area contributed by atoms with Crippen molar-refractivity contribution >= 4 is 55.3 Å². The van der Waals surface area contributed by atoms with Crippen molar-refractivity contribution in [3.63, 3.8) is 0 Å². The maximum atomic E-state index is 11.9. The molecule has 0 heterocycles. The maximum absolute atomic E-state index is 11.9. The van der Waals surface area contributed by atoms with Crippen molar-refractivity contribution in [3.8, 4) is 16.9 Å². The van der Waals surface area contributed by atoms with Crippen LogP contribution >= 0.6 is 0 Å². The average molecular weight is 591 g/mol. The molecule has 0 fully saturated rings. The van der Waals surface area contributed by atoms with E-state index >= 15 is 0 Å². The van der Waals surface area contributed by atoms with E-state index in [2.05, 4.69) is 20.5 Å². The summed E-state index contributed by atoms with van der Waals surface area (Å²) in [4.78, 5) is 10.9. The molecule has 13 heteroatoms. The molecular formula is C29H21N5NaO6S+. The number of nitrogens with two attached hydrogens (primary N) is 1. The number of carbonyl (C=O) groups is 1. The minimum Gasteiger partial charge on any atom is -0.507 e. The van der Waals surface area contributed by atoms with Crippen LogP contribution in [-0.2, 0) is 10.1 Å². The van der Waals surface area contributed by atoms with Gasteiger partial charge in [0.1, 0.15) is 21.9 Å². The molecule has 0 aliphatic heterocycles. The van der Waals surface area contributed by atoms with Gasteiger partial charge in [0.25, 0.3) is 10.1 Å².